The average Bonchev–Trinajstić information content (AvgIpc) is 2.92. The van der Waals surface area contributed by atoms with Gasteiger partial charge in [0, 0.05) is 32.8 Å². The van der Waals surface area contributed by atoms with E-state index in [0.29, 0.717) is 19.6 Å². The highest BCUT2D eigenvalue weighted by atomic mass is 32.2. The predicted molar refractivity (Wildman–Crippen MR) is 71.9 cm³/mol. The standard InChI is InChI=1S/C12H24N2O4S/c15-10-11-4-7-14(8-5-11)19(16,17)13-6-3-12-2-1-9-18-12/h11-13,15H,1-10H2. The molecule has 112 valence electrons. The first-order valence-electron chi connectivity index (χ1n) is 7.09. The van der Waals surface area contributed by atoms with E-state index < -0.39 is 10.2 Å². The topological polar surface area (TPSA) is 78.9 Å². The van der Waals surface area contributed by atoms with Gasteiger partial charge in [0.05, 0.1) is 6.10 Å². The van der Waals surface area contributed by atoms with Gasteiger partial charge in [-0.15, -0.1) is 0 Å². The molecule has 0 amide bonds. The highest BCUT2D eigenvalue weighted by Crippen LogP contribution is 2.19. The summed E-state index contributed by atoms with van der Waals surface area (Å²) in [5.74, 6) is 0.248. The van der Waals surface area contributed by atoms with E-state index in [4.69, 9.17) is 9.84 Å². The quantitative estimate of drug-likeness (QED) is 0.727. The summed E-state index contributed by atoms with van der Waals surface area (Å²) in [6.07, 6.45) is 4.54. The summed E-state index contributed by atoms with van der Waals surface area (Å²) in [6.45, 7) is 2.39. The maximum atomic E-state index is 12.1. The lowest BCUT2D eigenvalue weighted by Gasteiger charge is -2.30. The molecule has 2 heterocycles. The fourth-order valence-corrected chi connectivity index (χ4v) is 3.89. The fourth-order valence-electron chi connectivity index (χ4n) is 2.64. The van der Waals surface area contributed by atoms with Crippen molar-refractivity contribution in [2.45, 2.75) is 38.2 Å². The van der Waals surface area contributed by atoms with Crippen molar-refractivity contribution in [1.82, 2.24) is 9.03 Å². The molecular formula is C12H24N2O4S. The van der Waals surface area contributed by atoms with E-state index in [1.54, 1.807) is 0 Å². The molecule has 0 bridgehead atoms. The van der Waals surface area contributed by atoms with Crippen molar-refractivity contribution in [3.05, 3.63) is 0 Å². The second-order valence-corrected chi connectivity index (χ2v) is 7.10. The Morgan fingerprint density at radius 3 is 2.58 bits per heavy atom. The van der Waals surface area contributed by atoms with Gasteiger partial charge in [-0.25, -0.2) is 4.72 Å². The third-order valence-electron chi connectivity index (χ3n) is 3.95. The third kappa shape index (κ3) is 4.39. The van der Waals surface area contributed by atoms with Gasteiger partial charge < -0.3 is 9.84 Å². The number of aliphatic hydroxyl groups is 1. The van der Waals surface area contributed by atoms with Crippen LogP contribution in [0.15, 0.2) is 0 Å². The molecule has 1 unspecified atom stereocenters. The van der Waals surface area contributed by atoms with Crippen molar-refractivity contribution < 1.29 is 18.3 Å². The van der Waals surface area contributed by atoms with E-state index in [0.717, 1.165) is 38.7 Å². The van der Waals surface area contributed by atoms with Crippen LogP contribution in [0.5, 0.6) is 0 Å². The summed E-state index contributed by atoms with van der Waals surface area (Å²) >= 11 is 0. The highest BCUT2D eigenvalue weighted by molar-refractivity contribution is 7.87. The van der Waals surface area contributed by atoms with Crippen LogP contribution >= 0.6 is 0 Å². The molecule has 0 spiro atoms. The largest absolute Gasteiger partial charge is 0.396 e. The summed E-state index contributed by atoms with van der Waals surface area (Å²) in [5.41, 5.74) is 0. The summed E-state index contributed by atoms with van der Waals surface area (Å²) < 4.78 is 33.7. The molecule has 0 aromatic rings. The van der Waals surface area contributed by atoms with Crippen LogP contribution in [-0.2, 0) is 14.9 Å². The minimum absolute atomic E-state index is 0.153. The van der Waals surface area contributed by atoms with Crippen molar-refractivity contribution in [3.8, 4) is 0 Å². The van der Waals surface area contributed by atoms with Crippen molar-refractivity contribution in [2.75, 3.05) is 32.8 Å². The lowest BCUT2D eigenvalue weighted by Crippen LogP contribution is -2.45. The minimum atomic E-state index is -3.36. The first kappa shape index (κ1) is 15.2. The number of ether oxygens (including phenoxy) is 1. The zero-order valence-electron chi connectivity index (χ0n) is 11.3. The smallest absolute Gasteiger partial charge is 0.279 e. The number of aliphatic hydroxyl groups excluding tert-OH is 1. The highest BCUT2D eigenvalue weighted by Gasteiger charge is 2.27. The van der Waals surface area contributed by atoms with Crippen LogP contribution in [0.2, 0.25) is 0 Å². The van der Waals surface area contributed by atoms with Gasteiger partial charge in [-0.3, -0.25) is 0 Å². The average molecular weight is 292 g/mol. The minimum Gasteiger partial charge on any atom is -0.396 e. The fraction of sp³-hybridized carbons (Fsp3) is 1.00. The first-order valence-corrected chi connectivity index (χ1v) is 8.53. The van der Waals surface area contributed by atoms with E-state index in [-0.39, 0.29) is 18.6 Å². The van der Waals surface area contributed by atoms with E-state index in [1.165, 1.54) is 4.31 Å². The van der Waals surface area contributed by atoms with Gasteiger partial charge in [0.25, 0.3) is 10.2 Å². The second-order valence-electron chi connectivity index (χ2n) is 5.35. The molecule has 1 atom stereocenters. The van der Waals surface area contributed by atoms with Crippen LogP contribution in [-0.4, -0.2) is 56.8 Å². The number of rotatable bonds is 6. The van der Waals surface area contributed by atoms with Crippen molar-refractivity contribution in [1.29, 1.82) is 0 Å². The lowest BCUT2D eigenvalue weighted by atomic mass is 10.00. The molecule has 2 aliphatic rings. The van der Waals surface area contributed by atoms with Gasteiger partial charge in [0.1, 0.15) is 0 Å². The Labute approximate surface area is 115 Å². The van der Waals surface area contributed by atoms with E-state index >= 15 is 0 Å². The Kier molecular flexibility index (Phi) is 5.58. The monoisotopic (exact) mass is 292 g/mol. The molecule has 0 radical (unpaired) electrons. The Morgan fingerprint density at radius 1 is 1.26 bits per heavy atom. The molecule has 0 aromatic carbocycles. The molecule has 2 saturated heterocycles. The predicted octanol–water partition coefficient (Wildman–Crippen LogP) is 0.0942. The summed E-state index contributed by atoms with van der Waals surface area (Å²) in [5, 5.41) is 9.05. The van der Waals surface area contributed by atoms with Crippen LogP contribution in [0.1, 0.15) is 32.1 Å². The van der Waals surface area contributed by atoms with Crippen LogP contribution in [0.25, 0.3) is 0 Å². The van der Waals surface area contributed by atoms with Crippen LogP contribution < -0.4 is 4.72 Å². The van der Waals surface area contributed by atoms with Gasteiger partial charge in [0.15, 0.2) is 0 Å². The Bertz CT molecular complexity index is 360. The zero-order valence-corrected chi connectivity index (χ0v) is 12.1. The van der Waals surface area contributed by atoms with Crippen LogP contribution in [0.4, 0.5) is 0 Å². The van der Waals surface area contributed by atoms with Crippen LogP contribution in [0, 0.1) is 5.92 Å². The first-order chi connectivity index (χ1) is 9.12. The molecule has 2 fully saturated rings. The molecule has 2 N–H and O–H groups in total. The number of nitrogens with one attached hydrogen (secondary N) is 1. The summed E-state index contributed by atoms with van der Waals surface area (Å²) in [7, 11) is -3.36. The SMILES string of the molecule is O=S(=O)(NCCC1CCCO1)N1CCC(CO)CC1. The van der Waals surface area contributed by atoms with Gasteiger partial charge >= 0.3 is 0 Å². The number of hydrogen-bond acceptors (Lipinski definition) is 4. The van der Waals surface area contributed by atoms with Gasteiger partial charge in [-0.05, 0) is 38.0 Å². The van der Waals surface area contributed by atoms with E-state index in [2.05, 4.69) is 4.72 Å². The second kappa shape index (κ2) is 6.99. The molecule has 7 heteroatoms. The molecule has 2 rings (SSSR count). The van der Waals surface area contributed by atoms with Crippen molar-refractivity contribution >= 4 is 10.2 Å². The maximum absolute atomic E-state index is 12.1. The molecule has 2 aliphatic heterocycles. The molecule has 0 aliphatic carbocycles. The summed E-state index contributed by atoms with van der Waals surface area (Å²) in [4.78, 5) is 0. The molecular weight excluding hydrogens is 268 g/mol. The van der Waals surface area contributed by atoms with Gasteiger partial charge in [-0.2, -0.15) is 12.7 Å². The number of piperidine rings is 1. The number of nitrogens with zero attached hydrogens (tertiary/aromatic N) is 1. The third-order valence-corrected chi connectivity index (χ3v) is 5.56. The van der Waals surface area contributed by atoms with E-state index in [9.17, 15) is 8.42 Å². The van der Waals surface area contributed by atoms with Crippen LogP contribution in [0.3, 0.4) is 0 Å². The number of hydrogen-bond donors (Lipinski definition) is 2. The molecule has 6 nitrogen and oxygen atoms in total. The maximum Gasteiger partial charge on any atom is 0.279 e. The molecule has 19 heavy (non-hydrogen) atoms. The lowest BCUT2D eigenvalue weighted by molar-refractivity contribution is 0.105. The molecule has 0 saturated carbocycles. The normalized spacial score (nSPS) is 26.9. The van der Waals surface area contributed by atoms with Gasteiger partial charge in [0.2, 0.25) is 0 Å². The van der Waals surface area contributed by atoms with Crippen molar-refractivity contribution in [2.24, 2.45) is 5.92 Å². The summed E-state index contributed by atoms with van der Waals surface area (Å²) in [6, 6.07) is 0. The molecule has 0 aromatic heterocycles. The Morgan fingerprint density at radius 2 is 2.00 bits per heavy atom. The van der Waals surface area contributed by atoms with Crippen molar-refractivity contribution in [3.63, 3.8) is 0 Å². The zero-order chi connectivity index (χ0) is 13.7. The Balaban J connectivity index is 1.72. The van der Waals surface area contributed by atoms with E-state index in [1.807, 2.05) is 0 Å². The Hall–Kier alpha value is -0.210. The van der Waals surface area contributed by atoms with Gasteiger partial charge in [-0.1, -0.05) is 0 Å².